The van der Waals surface area contributed by atoms with Crippen LogP contribution in [0.3, 0.4) is 0 Å². The van der Waals surface area contributed by atoms with Crippen molar-refractivity contribution in [2.45, 2.75) is 24.7 Å². The van der Waals surface area contributed by atoms with E-state index in [0.29, 0.717) is 12.3 Å². The zero-order valence-corrected chi connectivity index (χ0v) is 19.6. The fourth-order valence-electron chi connectivity index (χ4n) is 2.52. The van der Waals surface area contributed by atoms with Gasteiger partial charge in [-0.25, -0.2) is 8.42 Å². The maximum atomic E-state index is 13.0. The van der Waals surface area contributed by atoms with Gasteiger partial charge in [-0.05, 0) is 24.6 Å². The molecular weight excluding hydrogens is 475 g/mol. The van der Waals surface area contributed by atoms with Crippen molar-refractivity contribution in [3.8, 4) is 11.5 Å². The van der Waals surface area contributed by atoms with E-state index >= 15 is 0 Å². The van der Waals surface area contributed by atoms with Gasteiger partial charge in [0.1, 0.15) is 16.4 Å². The minimum Gasteiger partial charge on any atom is -0.495 e. The average Bonchev–Trinajstić information content (AvgIpc) is 2.67. The second kappa shape index (κ2) is 10.4. The van der Waals surface area contributed by atoms with Crippen molar-refractivity contribution < 1.29 is 22.7 Å². The Hall–Kier alpha value is -1.87. The van der Waals surface area contributed by atoms with Crippen molar-refractivity contribution in [1.29, 1.82) is 0 Å². The zero-order valence-electron chi connectivity index (χ0n) is 16.5. The molecule has 0 saturated heterocycles. The van der Waals surface area contributed by atoms with Crippen LogP contribution in [0.4, 0.5) is 5.69 Å². The first-order valence-corrected chi connectivity index (χ1v) is 11.5. The molecule has 2 rings (SSSR count). The molecule has 2 aromatic rings. The van der Waals surface area contributed by atoms with Gasteiger partial charge in [0.2, 0.25) is 0 Å². The van der Waals surface area contributed by atoms with Gasteiger partial charge in [-0.2, -0.15) is 0 Å². The Morgan fingerprint density at radius 2 is 1.63 bits per heavy atom. The number of hydrogen-bond acceptors (Lipinski definition) is 5. The molecule has 164 valence electrons. The number of benzene rings is 2. The molecule has 2 N–H and O–H groups in total. The number of sulfonamides is 1. The van der Waals surface area contributed by atoms with Crippen LogP contribution in [0, 0.1) is 0 Å². The summed E-state index contributed by atoms with van der Waals surface area (Å²) >= 11 is 18.3. The first-order valence-electron chi connectivity index (χ1n) is 8.86. The number of ether oxygens (including phenoxy) is 2. The molecule has 7 nitrogen and oxygen atoms in total. The van der Waals surface area contributed by atoms with E-state index in [2.05, 4.69) is 10.0 Å². The molecule has 0 bridgehead atoms. The average molecular weight is 496 g/mol. The predicted molar refractivity (Wildman–Crippen MR) is 119 cm³/mol. The highest BCUT2D eigenvalue weighted by atomic mass is 35.5. The van der Waals surface area contributed by atoms with Gasteiger partial charge < -0.3 is 14.8 Å². The zero-order chi connectivity index (χ0) is 22.5. The molecule has 0 aromatic heterocycles. The third-order valence-electron chi connectivity index (χ3n) is 4.09. The maximum absolute atomic E-state index is 13.0. The van der Waals surface area contributed by atoms with E-state index in [-0.39, 0.29) is 37.0 Å². The number of anilines is 1. The summed E-state index contributed by atoms with van der Waals surface area (Å²) in [5, 5.41) is 2.77. The molecule has 0 spiro atoms. The van der Waals surface area contributed by atoms with Crippen molar-refractivity contribution >= 4 is 56.4 Å². The van der Waals surface area contributed by atoms with Crippen LogP contribution < -0.4 is 19.5 Å². The number of unbranched alkanes of at least 4 members (excludes halogenated alkanes) is 1. The molecule has 0 atom stereocenters. The highest BCUT2D eigenvalue weighted by molar-refractivity contribution is 7.92. The minimum absolute atomic E-state index is 0.00252. The van der Waals surface area contributed by atoms with Crippen LogP contribution in [0.2, 0.25) is 15.1 Å². The summed E-state index contributed by atoms with van der Waals surface area (Å²) in [6.45, 7) is 2.42. The van der Waals surface area contributed by atoms with Gasteiger partial charge in [0.25, 0.3) is 15.9 Å². The number of methoxy groups -OCH3 is 2. The van der Waals surface area contributed by atoms with Crippen LogP contribution >= 0.6 is 34.8 Å². The van der Waals surface area contributed by atoms with E-state index < -0.39 is 15.9 Å². The van der Waals surface area contributed by atoms with Gasteiger partial charge in [0.15, 0.2) is 0 Å². The van der Waals surface area contributed by atoms with Gasteiger partial charge in [-0.1, -0.05) is 48.1 Å². The summed E-state index contributed by atoms with van der Waals surface area (Å²) in [7, 11) is -1.42. The summed E-state index contributed by atoms with van der Waals surface area (Å²) in [6.07, 6.45) is 1.67. The Bertz CT molecular complexity index is 1040. The van der Waals surface area contributed by atoms with Crippen LogP contribution in [0.25, 0.3) is 0 Å². The van der Waals surface area contributed by atoms with Gasteiger partial charge >= 0.3 is 0 Å². The molecule has 0 fully saturated rings. The second-order valence-corrected chi connectivity index (χ2v) is 9.04. The minimum atomic E-state index is -4.21. The number of halogens is 3. The Labute approximate surface area is 190 Å². The van der Waals surface area contributed by atoms with Crippen molar-refractivity contribution in [2.75, 3.05) is 25.5 Å². The lowest BCUT2D eigenvalue weighted by Crippen LogP contribution is -2.25. The number of rotatable bonds is 9. The largest absolute Gasteiger partial charge is 0.495 e. The van der Waals surface area contributed by atoms with E-state index in [1.807, 2.05) is 6.92 Å². The van der Waals surface area contributed by atoms with Crippen molar-refractivity contribution in [1.82, 2.24) is 5.32 Å². The molecule has 0 radical (unpaired) electrons. The number of carbonyl (C=O) groups is 1. The normalized spacial score (nSPS) is 11.1. The summed E-state index contributed by atoms with van der Waals surface area (Å²) in [5.74, 6) is 0.00103. The van der Waals surface area contributed by atoms with Crippen LogP contribution in [0.15, 0.2) is 29.2 Å². The molecule has 0 aliphatic rings. The number of hydrogen-bond donors (Lipinski definition) is 2. The predicted octanol–water partition coefficient (Wildman–Crippen LogP) is 4.99. The highest BCUT2D eigenvalue weighted by Gasteiger charge is 2.24. The summed E-state index contributed by atoms with van der Waals surface area (Å²) in [4.78, 5) is 12.1. The van der Waals surface area contributed by atoms with Crippen LogP contribution in [0.1, 0.15) is 30.1 Å². The summed E-state index contributed by atoms with van der Waals surface area (Å²) in [6, 6.07) is 5.13. The Kier molecular flexibility index (Phi) is 8.49. The molecular formula is C19H21Cl3N2O5S. The third-order valence-corrected chi connectivity index (χ3v) is 6.53. The molecule has 30 heavy (non-hydrogen) atoms. The van der Waals surface area contributed by atoms with Gasteiger partial charge in [0, 0.05) is 12.6 Å². The van der Waals surface area contributed by atoms with Crippen molar-refractivity contribution in [3.63, 3.8) is 0 Å². The quantitative estimate of drug-likeness (QED) is 0.478. The smallest absolute Gasteiger partial charge is 0.263 e. The summed E-state index contributed by atoms with van der Waals surface area (Å²) < 4.78 is 38.7. The number of nitrogens with one attached hydrogen (secondary N) is 2. The van der Waals surface area contributed by atoms with Gasteiger partial charge in [-0.15, -0.1) is 0 Å². The Balaban J connectivity index is 2.44. The van der Waals surface area contributed by atoms with E-state index in [0.717, 1.165) is 18.9 Å². The standard InChI is InChI=1S/C19H21Cl3N2O5S/c1-4-5-6-23-19(25)11-7-18(14(22)8-12(11)20)30(26,27)24-15-9-13(21)16(28-2)10-17(15)29-3/h7-10,24H,4-6H2,1-3H3,(H,23,25). The molecule has 0 aliphatic carbocycles. The molecule has 2 aromatic carbocycles. The lowest BCUT2D eigenvalue weighted by molar-refractivity contribution is 0.0953. The van der Waals surface area contributed by atoms with E-state index in [1.165, 1.54) is 32.4 Å². The third kappa shape index (κ3) is 5.63. The van der Waals surface area contributed by atoms with Gasteiger partial charge in [0.05, 0.1) is 40.5 Å². The molecule has 0 saturated carbocycles. The topological polar surface area (TPSA) is 93.7 Å². The van der Waals surface area contributed by atoms with E-state index in [4.69, 9.17) is 44.3 Å². The lowest BCUT2D eigenvalue weighted by atomic mass is 10.2. The van der Waals surface area contributed by atoms with Gasteiger partial charge in [-0.3, -0.25) is 9.52 Å². The van der Waals surface area contributed by atoms with Crippen LogP contribution in [-0.2, 0) is 10.0 Å². The van der Waals surface area contributed by atoms with Crippen LogP contribution in [-0.4, -0.2) is 35.1 Å². The van der Waals surface area contributed by atoms with Crippen LogP contribution in [0.5, 0.6) is 11.5 Å². The molecule has 0 aliphatic heterocycles. The maximum Gasteiger partial charge on any atom is 0.263 e. The SMILES string of the molecule is CCCCNC(=O)c1cc(S(=O)(=O)Nc2cc(Cl)c(OC)cc2OC)c(Cl)cc1Cl. The lowest BCUT2D eigenvalue weighted by Gasteiger charge is -2.16. The van der Waals surface area contributed by atoms with E-state index in [1.54, 1.807) is 0 Å². The first-order chi connectivity index (χ1) is 14.1. The Morgan fingerprint density at radius 1 is 0.967 bits per heavy atom. The molecule has 1 amide bonds. The van der Waals surface area contributed by atoms with Crippen molar-refractivity contribution in [3.05, 3.63) is 44.9 Å². The fraction of sp³-hybridized carbons (Fsp3) is 0.316. The fourth-order valence-corrected chi connectivity index (χ4v) is 4.68. The highest BCUT2D eigenvalue weighted by Crippen LogP contribution is 2.38. The van der Waals surface area contributed by atoms with Crippen molar-refractivity contribution in [2.24, 2.45) is 0 Å². The second-order valence-electron chi connectivity index (χ2n) is 6.16. The summed E-state index contributed by atoms with van der Waals surface area (Å²) in [5.41, 5.74) is 0.0699. The molecule has 0 unspecified atom stereocenters. The van der Waals surface area contributed by atoms with E-state index in [9.17, 15) is 13.2 Å². The number of carbonyl (C=O) groups excluding carboxylic acids is 1. The monoisotopic (exact) mass is 494 g/mol. The molecule has 0 heterocycles. The Morgan fingerprint density at radius 3 is 2.23 bits per heavy atom. The molecule has 11 heteroatoms. The first kappa shape index (κ1) is 24.4. The number of amides is 1.